The number of H-pyrrole nitrogens is 1. The second kappa shape index (κ2) is 7.56. The average molecular weight is 403 g/mol. The summed E-state index contributed by atoms with van der Waals surface area (Å²) in [6.45, 7) is 0. The van der Waals surface area contributed by atoms with Crippen molar-refractivity contribution in [1.29, 1.82) is 0 Å². The summed E-state index contributed by atoms with van der Waals surface area (Å²) in [7, 11) is 0. The molecule has 1 saturated carbocycles. The van der Waals surface area contributed by atoms with E-state index in [-0.39, 0.29) is 22.7 Å². The minimum absolute atomic E-state index is 0.0105. The summed E-state index contributed by atoms with van der Waals surface area (Å²) in [6.07, 6.45) is 4.13. The number of fused-ring (bicyclic) bond motifs is 1. The van der Waals surface area contributed by atoms with Gasteiger partial charge in [-0.25, -0.2) is 4.79 Å². The van der Waals surface area contributed by atoms with E-state index >= 15 is 0 Å². The van der Waals surface area contributed by atoms with Crippen LogP contribution in [0.4, 0.5) is 17.5 Å². The zero-order valence-electron chi connectivity index (χ0n) is 14.8. The molecule has 0 amide bonds. The topological polar surface area (TPSA) is 155 Å². The molecule has 11 heteroatoms. The minimum Gasteiger partial charge on any atom is -0.478 e. The van der Waals surface area contributed by atoms with Crippen molar-refractivity contribution in [2.75, 3.05) is 10.6 Å². The Balaban J connectivity index is 1.66. The molecule has 2 unspecified atom stereocenters. The summed E-state index contributed by atoms with van der Waals surface area (Å²) in [6, 6.07) is 4.72. The molecule has 28 heavy (non-hydrogen) atoms. The van der Waals surface area contributed by atoms with E-state index in [1.807, 2.05) is 0 Å². The number of aromatic amines is 1. The summed E-state index contributed by atoms with van der Waals surface area (Å²) in [5.74, 6) is -0.334. The first-order valence-corrected chi connectivity index (χ1v) is 9.29. The Morgan fingerprint density at radius 1 is 1.25 bits per heavy atom. The quantitative estimate of drug-likeness (QED) is 0.432. The van der Waals surface area contributed by atoms with Gasteiger partial charge in [0.1, 0.15) is 0 Å². The Kier molecular flexibility index (Phi) is 4.97. The zero-order valence-corrected chi connectivity index (χ0v) is 15.6. The lowest BCUT2D eigenvalue weighted by Crippen LogP contribution is -2.43. The fourth-order valence-corrected chi connectivity index (χ4v) is 3.50. The standard InChI is InChI=1S/C17H19ClN8O2/c18-10-6-5-8(7-9(10)16(27)28)20-14-13-15(25-26-24-13)23-17(22-14)21-12-4-2-1-3-11(12)19/h5-7,11-12H,1-4,19H2,(H,27,28)(H3,20,21,22,23,24,25,26). The highest BCUT2D eigenvalue weighted by molar-refractivity contribution is 6.33. The molecular formula is C17H19ClN8O2. The maximum absolute atomic E-state index is 11.3. The second-order valence-corrected chi connectivity index (χ2v) is 7.12. The van der Waals surface area contributed by atoms with Crippen LogP contribution in [0.1, 0.15) is 36.0 Å². The Labute approximate surface area is 164 Å². The summed E-state index contributed by atoms with van der Waals surface area (Å²) in [5, 5.41) is 26.4. The highest BCUT2D eigenvalue weighted by Gasteiger charge is 2.23. The van der Waals surface area contributed by atoms with Gasteiger partial charge in [0.2, 0.25) is 11.6 Å². The Morgan fingerprint density at radius 2 is 2.07 bits per heavy atom. The number of halogens is 1. The van der Waals surface area contributed by atoms with Crippen LogP contribution in [0, 0.1) is 0 Å². The number of hydrogen-bond acceptors (Lipinski definition) is 8. The van der Waals surface area contributed by atoms with Crippen molar-refractivity contribution in [3.05, 3.63) is 28.8 Å². The smallest absolute Gasteiger partial charge is 0.337 e. The van der Waals surface area contributed by atoms with Crippen LogP contribution in [0.2, 0.25) is 5.02 Å². The first-order chi connectivity index (χ1) is 13.5. The number of nitrogens with one attached hydrogen (secondary N) is 3. The largest absolute Gasteiger partial charge is 0.478 e. The lowest BCUT2D eigenvalue weighted by atomic mass is 9.91. The van der Waals surface area contributed by atoms with Crippen LogP contribution >= 0.6 is 11.6 Å². The number of carbonyl (C=O) groups is 1. The fourth-order valence-electron chi connectivity index (χ4n) is 3.31. The molecule has 3 aromatic rings. The van der Waals surface area contributed by atoms with Gasteiger partial charge in [0.05, 0.1) is 10.6 Å². The number of nitrogens with zero attached hydrogens (tertiary/aromatic N) is 4. The molecule has 0 saturated heterocycles. The molecule has 146 valence electrons. The van der Waals surface area contributed by atoms with E-state index in [1.165, 1.54) is 12.1 Å². The van der Waals surface area contributed by atoms with E-state index in [0.717, 1.165) is 25.7 Å². The van der Waals surface area contributed by atoms with Crippen LogP contribution in [0.15, 0.2) is 18.2 Å². The number of aromatic carboxylic acids is 1. The predicted octanol–water partition coefficient (Wildman–Crippen LogP) is 2.52. The molecule has 1 aliphatic rings. The third-order valence-electron chi connectivity index (χ3n) is 4.78. The van der Waals surface area contributed by atoms with Crippen molar-refractivity contribution in [2.45, 2.75) is 37.8 Å². The van der Waals surface area contributed by atoms with Crippen LogP contribution in [0.3, 0.4) is 0 Å². The van der Waals surface area contributed by atoms with Crippen molar-refractivity contribution in [2.24, 2.45) is 5.73 Å². The first kappa shape index (κ1) is 18.4. The van der Waals surface area contributed by atoms with Crippen molar-refractivity contribution in [3.8, 4) is 0 Å². The molecule has 0 bridgehead atoms. The third-order valence-corrected chi connectivity index (χ3v) is 5.11. The van der Waals surface area contributed by atoms with E-state index in [1.54, 1.807) is 6.07 Å². The van der Waals surface area contributed by atoms with E-state index in [2.05, 4.69) is 36.0 Å². The lowest BCUT2D eigenvalue weighted by molar-refractivity contribution is 0.0697. The van der Waals surface area contributed by atoms with Crippen molar-refractivity contribution in [3.63, 3.8) is 0 Å². The molecule has 10 nitrogen and oxygen atoms in total. The number of hydrogen-bond donors (Lipinski definition) is 5. The van der Waals surface area contributed by atoms with Gasteiger partial charge >= 0.3 is 5.97 Å². The Hall–Kier alpha value is -2.98. The van der Waals surface area contributed by atoms with Gasteiger partial charge in [-0.05, 0) is 31.0 Å². The van der Waals surface area contributed by atoms with E-state index in [4.69, 9.17) is 17.3 Å². The molecule has 6 N–H and O–H groups in total. The molecule has 0 radical (unpaired) electrons. The van der Waals surface area contributed by atoms with Crippen LogP contribution in [0.25, 0.3) is 11.2 Å². The number of carboxylic acids is 1. The van der Waals surface area contributed by atoms with Gasteiger partial charge in [0, 0.05) is 17.8 Å². The van der Waals surface area contributed by atoms with E-state index in [0.29, 0.717) is 28.6 Å². The summed E-state index contributed by atoms with van der Waals surface area (Å²) in [4.78, 5) is 20.2. The maximum Gasteiger partial charge on any atom is 0.337 e. The highest BCUT2D eigenvalue weighted by Crippen LogP contribution is 2.27. The monoisotopic (exact) mass is 402 g/mol. The third kappa shape index (κ3) is 3.69. The Morgan fingerprint density at radius 3 is 2.86 bits per heavy atom. The van der Waals surface area contributed by atoms with Gasteiger partial charge < -0.3 is 21.5 Å². The molecular weight excluding hydrogens is 384 g/mol. The number of aromatic nitrogens is 5. The molecule has 2 atom stereocenters. The average Bonchev–Trinajstić information content (AvgIpc) is 3.14. The summed E-state index contributed by atoms with van der Waals surface area (Å²) in [5.41, 5.74) is 7.52. The zero-order chi connectivity index (χ0) is 19.7. The molecule has 2 heterocycles. The number of anilines is 3. The highest BCUT2D eigenvalue weighted by atomic mass is 35.5. The van der Waals surface area contributed by atoms with Crippen LogP contribution in [0.5, 0.6) is 0 Å². The number of benzene rings is 1. The molecule has 1 fully saturated rings. The summed E-state index contributed by atoms with van der Waals surface area (Å²) < 4.78 is 0. The normalized spacial score (nSPS) is 19.5. The van der Waals surface area contributed by atoms with Crippen molar-refractivity contribution < 1.29 is 9.90 Å². The van der Waals surface area contributed by atoms with Gasteiger partial charge in [0.15, 0.2) is 11.3 Å². The summed E-state index contributed by atoms with van der Waals surface area (Å²) >= 11 is 5.94. The van der Waals surface area contributed by atoms with Crippen LogP contribution in [-0.4, -0.2) is 48.5 Å². The lowest BCUT2D eigenvalue weighted by Gasteiger charge is -2.29. The molecule has 2 aromatic heterocycles. The number of rotatable bonds is 5. The number of carboxylic acid groups (broad SMARTS) is 1. The Bertz CT molecular complexity index is 1020. The van der Waals surface area contributed by atoms with Gasteiger partial charge in [-0.1, -0.05) is 24.4 Å². The molecule has 0 aliphatic heterocycles. The van der Waals surface area contributed by atoms with Gasteiger partial charge in [-0.3, -0.25) is 0 Å². The van der Waals surface area contributed by atoms with Crippen LogP contribution in [-0.2, 0) is 0 Å². The molecule has 1 aromatic carbocycles. The van der Waals surface area contributed by atoms with Crippen molar-refractivity contribution >= 4 is 46.2 Å². The van der Waals surface area contributed by atoms with Gasteiger partial charge in [-0.2, -0.15) is 20.3 Å². The fraction of sp³-hybridized carbons (Fsp3) is 0.353. The van der Waals surface area contributed by atoms with Gasteiger partial charge in [-0.15, -0.1) is 5.10 Å². The second-order valence-electron chi connectivity index (χ2n) is 6.72. The van der Waals surface area contributed by atoms with Crippen LogP contribution < -0.4 is 16.4 Å². The molecule has 1 aliphatic carbocycles. The van der Waals surface area contributed by atoms with Gasteiger partial charge in [0.25, 0.3) is 0 Å². The van der Waals surface area contributed by atoms with E-state index < -0.39 is 5.97 Å². The SMILES string of the molecule is NC1CCCCC1Nc1nc(Nc2ccc(Cl)c(C(=O)O)c2)c2n[nH]nc2n1. The number of nitrogens with two attached hydrogens (primary N) is 1. The minimum atomic E-state index is -1.11. The van der Waals surface area contributed by atoms with Crippen molar-refractivity contribution in [1.82, 2.24) is 25.4 Å². The van der Waals surface area contributed by atoms with E-state index in [9.17, 15) is 9.90 Å². The molecule has 0 spiro atoms. The maximum atomic E-state index is 11.3. The predicted molar refractivity (Wildman–Crippen MR) is 105 cm³/mol. The molecule has 4 rings (SSSR count). The first-order valence-electron chi connectivity index (χ1n) is 8.92.